The summed E-state index contributed by atoms with van der Waals surface area (Å²) in [7, 11) is 0. The largest absolute Gasteiger partial charge is 0.371 e. The van der Waals surface area contributed by atoms with Gasteiger partial charge in [0.1, 0.15) is 0 Å². The Labute approximate surface area is 193 Å². The van der Waals surface area contributed by atoms with Crippen LogP contribution in [0.1, 0.15) is 43.0 Å². The van der Waals surface area contributed by atoms with Gasteiger partial charge in [0.25, 0.3) is 11.6 Å². The van der Waals surface area contributed by atoms with Crippen molar-refractivity contribution in [1.29, 1.82) is 0 Å². The minimum atomic E-state index is -0.467. The summed E-state index contributed by atoms with van der Waals surface area (Å²) in [6.45, 7) is 4.69. The molecule has 2 saturated heterocycles. The number of likely N-dealkylation sites (tertiary alicyclic amines) is 1. The Bertz CT molecular complexity index is 1020. The van der Waals surface area contributed by atoms with Crippen molar-refractivity contribution in [1.82, 2.24) is 4.90 Å². The first-order chi connectivity index (χ1) is 15.9. The molecule has 2 aliphatic heterocycles. The summed E-state index contributed by atoms with van der Waals surface area (Å²) < 4.78 is 0. The molecule has 33 heavy (non-hydrogen) atoms. The highest BCUT2D eigenvalue weighted by Gasteiger charge is 2.32. The van der Waals surface area contributed by atoms with Crippen molar-refractivity contribution in [3.63, 3.8) is 0 Å². The van der Waals surface area contributed by atoms with Crippen molar-refractivity contribution in [3.8, 4) is 0 Å². The Kier molecular flexibility index (Phi) is 6.91. The van der Waals surface area contributed by atoms with Crippen LogP contribution in [-0.4, -0.2) is 47.8 Å². The van der Waals surface area contributed by atoms with E-state index in [2.05, 4.69) is 17.1 Å². The molecule has 2 aromatic rings. The molecule has 8 heteroatoms. The molecule has 1 atom stereocenters. The Morgan fingerprint density at radius 3 is 2.45 bits per heavy atom. The Morgan fingerprint density at radius 2 is 1.76 bits per heavy atom. The number of nitrogens with one attached hydrogen (secondary N) is 1. The van der Waals surface area contributed by atoms with Crippen molar-refractivity contribution in [3.05, 3.63) is 64.2 Å². The molecule has 0 aliphatic carbocycles. The summed E-state index contributed by atoms with van der Waals surface area (Å²) in [6.07, 6.45) is 3.46. The zero-order valence-corrected chi connectivity index (χ0v) is 18.9. The number of amides is 2. The molecule has 2 heterocycles. The summed E-state index contributed by atoms with van der Waals surface area (Å²) in [6, 6.07) is 13.8. The second-order valence-electron chi connectivity index (χ2n) is 9.07. The minimum Gasteiger partial charge on any atom is -0.371 e. The Hall–Kier alpha value is -3.42. The number of nitrogens with zero attached hydrogens (tertiary/aromatic N) is 3. The second kappa shape index (κ2) is 10.0. The summed E-state index contributed by atoms with van der Waals surface area (Å²) >= 11 is 0. The van der Waals surface area contributed by atoms with Gasteiger partial charge in [-0.15, -0.1) is 0 Å². The number of rotatable bonds is 5. The van der Waals surface area contributed by atoms with E-state index < -0.39 is 4.92 Å². The molecule has 2 aromatic carbocycles. The SMILES string of the molecule is CC1CCN(c2ccc([N+](=O)[O-])cc2C(=O)N2CCC[C@@H](C(=O)Nc3ccccc3)C2)CC1. The van der Waals surface area contributed by atoms with E-state index in [0.29, 0.717) is 37.4 Å². The highest BCUT2D eigenvalue weighted by Crippen LogP contribution is 2.31. The van der Waals surface area contributed by atoms with Crippen LogP contribution < -0.4 is 10.2 Å². The molecule has 0 unspecified atom stereocenters. The van der Waals surface area contributed by atoms with E-state index in [9.17, 15) is 19.7 Å². The number of benzene rings is 2. The lowest BCUT2D eigenvalue weighted by atomic mass is 9.95. The number of nitro benzene ring substituents is 1. The zero-order chi connectivity index (χ0) is 23.4. The van der Waals surface area contributed by atoms with E-state index in [-0.39, 0.29) is 23.4 Å². The predicted octanol–water partition coefficient (Wildman–Crippen LogP) is 4.32. The van der Waals surface area contributed by atoms with Gasteiger partial charge in [-0.2, -0.15) is 0 Å². The van der Waals surface area contributed by atoms with Gasteiger partial charge in [0.2, 0.25) is 5.91 Å². The average molecular weight is 451 g/mol. The van der Waals surface area contributed by atoms with Crippen LogP contribution in [0, 0.1) is 22.0 Å². The van der Waals surface area contributed by atoms with Gasteiger partial charge in [-0.05, 0) is 49.8 Å². The van der Waals surface area contributed by atoms with Crippen LogP contribution in [0.25, 0.3) is 0 Å². The van der Waals surface area contributed by atoms with Crippen molar-refractivity contribution in [2.45, 2.75) is 32.6 Å². The molecule has 0 saturated carbocycles. The first-order valence-corrected chi connectivity index (χ1v) is 11.6. The molecule has 0 spiro atoms. The van der Waals surface area contributed by atoms with E-state index in [4.69, 9.17) is 0 Å². The van der Waals surface area contributed by atoms with Crippen molar-refractivity contribution in [2.75, 3.05) is 36.4 Å². The van der Waals surface area contributed by atoms with Gasteiger partial charge in [0.05, 0.1) is 22.1 Å². The Balaban J connectivity index is 1.54. The van der Waals surface area contributed by atoms with Crippen molar-refractivity contribution < 1.29 is 14.5 Å². The van der Waals surface area contributed by atoms with Crippen LogP contribution in [0.3, 0.4) is 0 Å². The van der Waals surface area contributed by atoms with E-state index in [1.807, 2.05) is 30.3 Å². The van der Waals surface area contributed by atoms with Gasteiger partial charge >= 0.3 is 0 Å². The van der Waals surface area contributed by atoms with Gasteiger partial charge in [-0.1, -0.05) is 25.1 Å². The number of non-ortho nitro benzene ring substituents is 1. The number of anilines is 2. The quantitative estimate of drug-likeness (QED) is 0.541. The molecule has 2 fully saturated rings. The molecular formula is C25H30N4O4. The molecule has 0 bridgehead atoms. The number of para-hydroxylation sites is 1. The number of carbonyl (C=O) groups excluding carboxylic acids is 2. The lowest BCUT2D eigenvalue weighted by Crippen LogP contribution is -2.44. The third-order valence-corrected chi connectivity index (χ3v) is 6.67. The van der Waals surface area contributed by atoms with Crippen LogP contribution in [0.15, 0.2) is 48.5 Å². The van der Waals surface area contributed by atoms with E-state index in [0.717, 1.165) is 37.3 Å². The summed E-state index contributed by atoms with van der Waals surface area (Å²) in [4.78, 5) is 41.2. The number of hydrogen-bond acceptors (Lipinski definition) is 5. The number of hydrogen-bond donors (Lipinski definition) is 1. The fraction of sp³-hybridized carbons (Fsp3) is 0.440. The highest BCUT2D eigenvalue weighted by molar-refractivity contribution is 6.01. The van der Waals surface area contributed by atoms with Crippen LogP contribution in [0.5, 0.6) is 0 Å². The molecule has 4 rings (SSSR count). The van der Waals surface area contributed by atoms with Gasteiger partial charge in [-0.25, -0.2) is 0 Å². The van der Waals surface area contributed by atoms with E-state index in [1.165, 1.54) is 12.1 Å². The molecule has 2 amide bonds. The average Bonchev–Trinajstić information content (AvgIpc) is 2.84. The van der Waals surface area contributed by atoms with Crippen molar-refractivity contribution in [2.24, 2.45) is 11.8 Å². The van der Waals surface area contributed by atoms with Crippen LogP contribution >= 0.6 is 0 Å². The third kappa shape index (κ3) is 5.32. The van der Waals surface area contributed by atoms with Crippen molar-refractivity contribution >= 4 is 28.9 Å². The molecule has 174 valence electrons. The minimum absolute atomic E-state index is 0.0946. The molecule has 0 radical (unpaired) electrons. The highest BCUT2D eigenvalue weighted by atomic mass is 16.6. The lowest BCUT2D eigenvalue weighted by Gasteiger charge is -2.35. The summed E-state index contributed by atoms with van der Waals surface area (Å²) in [5, 5.41) is 14.3. The topological polar surface area (TPSA) is 95.8 Å². The van der Waals surface area contributed by atoms with Gasteiger partial charge in [0.15, 0.2) is 0 Å². The van der Waals surface area contributed by atoms with Crippen LogP contribution in [0.4, 0.5) is 17.1 Å². The standard InChI is InChI=1S/C25H30N4O4/c1-18-11-14-27(15-12-18)23-10-9-21(29(32)33)16-22(23)25(31)28-13-5-6-19(17-28)24(30)26-20-7-3-2-4-8-20/h2-4,7-10,16,18-19H,5-6,11-15,17H2,1H3,(H,26,30)/t19-/m1/s1. The first-order valence-electron chi connectivity index (χ1n) is 11.6. The van der Waals surface area contributed by atoms with E-state index in [1.54, 1.807) is 11.0 Å². The molecule has 0 aromatic heterocycles. The van der Waals surface area contributed by atoms with Gasteiger partial charge in [0, 0.05) is 44.0 Å². The third-order valence-electron chi connectivity index (χ3n) is 6.67. The molecular weight excluding hydrogens is 420 g/mol. The summed E-state index contributed by atoms with van der Waals surface area (Å²) in [5.41, 5.74) is 1.73. The van der Waals surface area contributed by atoms with Gasteiger partial charge < -0.3 is 15.1 Å². The summed E-state index contributed by atoms with van der Waals surface area (Å²) in [5.74, 6) is -0.0437. The Morgan fingerprint density at radius 1 is 1.03 bits per heavy atom. The number of carbonyl (C=O) groups is 2. The molecule has 1 N–H and O–H groups in total. The number of nitro groups is 1. The zero-order valence-electron chi connectivity index (χ0n) is 18.9. The normalized spacial score (nSPS) is 19.2. The fourth-order valence-electron chi connectivity index (χ4n) is 4.65. The van der Waals surface area contributed by atoms with Gasteiger partial charge in [-0.3, -0.25) is 19.7 Å². The maximum absolute atomic E-state index is 13.6. The molecule has 8 nitrogen and oxygen atoms in total. The van der Waals surface area contributed by atoms with Crippen LogP contribution in [0.2, 0.25) is 0 Å². The maximum Gasteiger partial charge on any atom is 0.270 e. The van der Waals surface area contributed by atoms with E-state index >= 15 is 0 Å². The van der Waals surface area contributed by atoms with Crippen LogP contribution in [-0.2, 0) is 4.79 Å². The smallest absolute Gasteiger partial charge is 0.270 e. The fourth-order valence-corrected chi connectivity index (χ4v) is 4.65. The monoisotopic (exact) mass is 450 g/mol. The molecule has 2 aliphatic rings. The first kappa shape index (κ1) is 22.8. The predicted molar refractivity (Wildman–Crippen MR) is 127 cm³/mol. The maximum atomic E-state index is 13.6. The lowest BCUT2D eigenvalue weighted by molar-refractivity contribution is -0.384. The number of piperidine rings is 2. The second-order valence-corrected chi connectivity index (χ2v) is 9.07.